The lowest BCUT2D eigenvalue weighted by Crippen LogP contribution is -2.25. The lowest BCUT2D eigenvalue weighted by atomic mass is 10.2. The van der Waals surface area contributed by atoms with Crippen LogP contribution in [0.5, 0.6) is 0 Å². The number of nitrogens with zero attached hydrogens (tertiary/aromatic N) is 2. The maximum absolute atomic E-state index is 12.5. The number of carbonyl (C=O) groups is 3. The molecule has 160 valence electrons. The molecule has 31 heavy (non-hydrogen) atoms. The molecule has 1 saturated carbocycles. The molecular weight excluding hydrogens is 418 g/mol. The molecule has 2 aromatic heterocycles. The van der Waals surface area contributed by atoms with E-state index in [1.807, 2.05) is 0 Å². The normalized spacial score (nSPS) is 13.1. The van der Waals surface area contributed by atoms with Gasteiger partial charge < -0.3 is 21.1 Å². The average molecular weight is 439 g/mol. The Morgan fingerprint density at radius 2 is 2.00 bits per heavy atom. The summed E-state index contributed by atoms with van der Waals surface area (Å²) in [6.07, 6.45) is 1.98. The van der Waals surface area contributed by atoms with Crippen molar-refractivity contribution in [1.29, 1.82) is 0 Å². The van der Waals surface area contributed by atoms with Gasteiger partial charge in [0.15, 0.2) is 6.61 Å². The van der Waals surface area contributed by atoms with Gasteiger partial charge in [-0.25, -0.2) is 14.8 Å². The van der Waals surface area contributed by atoms with Crippen molar-refractivity contribution in [3.05, 3.63) is 46.2 Å². The van der Waals surface area contributed by atoms with Crippen LogP contribution in [0.25, 0.3) is 10.2 Å². The van der Waals surface area contributed by atoms with Gasteiger partial charge in [0.1, 0.15) is 15.5 Å². The van der Waals surface area contributed by atoms with Gasteiger partial charge in [0.25, 0.3) is 11.8 Å². The molecule has 10 heteroatoms. The zero-order valence-electron chi connectivity index (χ0n) is 17.0. The summed E-state index contributed by atoms with van der Waals surface area (Å²) in [7, 11) is 0. The standard InChI is InChI=1S/C21H21N5O4S/c1-10-16-17(22)18(31-20(16)24-11(2)23-10)21(29)30-9-15(27)25-14-5-3-4-12(8-14)19(28)26-13-6-7-13/h3-5,8,13H,6-7,9,22H2,1-2H3,(H,25,27)(H,26,28). The van der Waals surface area contributed by atoms with E-state index in [-0.39, 0.29) is 22.5 Å². The van der Waals surface area contributed by atoms with Crippen LogP contribution in [0.3, 0.4) is 0 Å². The minimum atomic E-state index is -0.703. The smallest absolute Gasteiger partial charge is 0.351 e. The number of nitrogen functional groups attached to an aromatic ring is 1. The molecule has 3 aromatic rings. The number of thiophene rings is 1. The number of esters is 1. The van der Waals surface area contributed by atoms with Crippen LogP contribution in [0.2, 0.25) is 0 Å². The van der Waals surface area contributed by atoms with Crippen LogP contribution < -0.4 is 16.4 Å². The molecule has 1 aliphatic carbocycles. The van der Waals surface area contributed by atoms with Crippen molar-refractivity contribution in [2.45, 2.75) is 32.7 Å². The molecule has 4 N–H and O–H groups in total. The van der Waals surface area contributed by atoms with Crippen LogP contribution in [0.15, 0.2) is 24.3 Å². The first-order chi connectivity index (χ1) is 14.8. The number of aromatic nitrogens is 2. The Morgan fingerprint density at radius 1 is 1.23 bits per heavy atom. The van der Waals surface area contributed by atoms with Gasteiger partial charge in [-0.2, -0.15) is 0 Å². The van der Waals surface area contributed by atoms with E-state index < -0.39 is 18.5 Å². The Morgan fingerprint density at radius 3 is 2.74 bits per heavy atom. The topological polar surface area (TPSA) is 136 Å². The van der Waals surface area contributed by atoms with Crippen molar-refractivity contribution in [2.24, 2.45) is 0 Å². The highest BCUT2D eigenvalue weighted by Crippen LogP contribution is 2.34. The van der Waals surface area contributed by atoms with Crippen molar-refractivity contribution in [3.8, 4) is 0 Å². The molecule has 9 nitrogen and oxygen atoms in total. The van der Waals surface area contributed by atoms with Crippen LogP contribution in [-0.2, 0) is 9.53 Å². The van der Waals surface area contributed by atoms with E-state index in [1.165, 1.54) is 0 Å². The number of aryl methyl sites for hydroxylation is 2. The third-order valence-electron chi connectivity index (χ3n) is 4.72. The lowest BCUT2D eigenvalue weighted by molar-refractivity contribution is -0.119. The molecule has 0 saturated heterocycles. The SMILES string of the molecule is Cc1nc(C)c2c(N)c(C(=O)OCC(=O)Nc3cccc(C(=O)NC4CC4)c3)sc2n1. The number of rotatable bonds is 6. The van der Waals surface area contributed by atoms with E-state index in [1.54, 1.807) is 38.1 Å². The first-order valence-corrected chi connectivity index (χ1v) is 10.5. The second-order valence-electron chi connectivity index (χ2n) is 7.33. The molecule has 0 spiro atoms. The van der Waals surface area contributed by atoms with Gasteiger partial charge in [-0.1, -0.05) is 6.07 Å². The fourth-order valence-electron chi connectivity index (χ4n) is 3.11. The van der Waals surface area contributed by atoms with Gasteiger partial charge in [0, 0.05) is 17.3 Å². The number of nitrogens with one attached hydrogen (secondary N) is 2. The molecule has 1 aliphatic rings. The maximum Gasteiger partial charge on any atom is 0.351 e. The van der Waals surface area contributed by atoms with Crippen LogP contribution in [0.4, 0.5) is 11.4 Å². The number of fused-ring (bicyclic) bond motifs is 1. The molecule has 2 heterocycles. The predicted octanol–water partition coefficient (Wildman–Crippen LogP) is 2.58. The highest BCUT2D eigenvalue weighted by molar-refractivity contribution is 7.21. The van der Waals surface area contributed by atoms with E-state index in [4.69, 9.17) is 10.5 Å². The summed E-state index contributed by atoms with van der Waals surface area (Å²) in [5, 5.41) is 6.13. The van der Waals surface area contributed by atoms with Crippen LogP contribution >= 0.6 is 11.3 Å². The van der Waals surface area contributed by atoms with Crippen LogP contribution in [0, 0.1) is 13.8 Å². The maximum atomic E-state index is 12.5. The molecule has 1 aromatic carbocycles. The molecule has 0 radical (unpaired) electrons. The zero-order valence-corrected chi connectivity index (χ0v) is 17.8. The van der Waals surface area contributed by atoms with Gasteiger partial charge in [0.05, 0.1) is 16.8 Å². The zero-order chi connectivity index (χ0) is 22.1. The van der Waals surface area contributed by atoms with Gasteiger partial charge in [-0.15, -0.1) is 11.3 Å². The number of hydrogen-bond donors (Lipinski definition) is 3. The van der Waals surface area contributed by atoms with Crippen molar-refractivity contribution in [3.63, 3.8) is 0 Å². The van der Waals surface area contributed by atoms with Gasteiger partial charge in [-0.05, 0) is 44.9 Å². The van der Waals surface area contributed by atoms with Crippen molar-refractivity contribution < 1.29 is 19.1 Å². The fourth-order valence-corrected chi connectivity index (χ4v) is 4.20. The molecule has 1 fully saturated rings. The summed E-state index contributed by atoms with van der Waals surface area (Å²) in [6.45, 7) is 3.06. The summed E-state index contributed by atoms with van der Waals surface area (Å²) in [5.74, 6) is -0.831. The number of ether oxygens (including phenoxy) is 1. The lowest BCUT2D eigenvalue weighted by Gasteiger charge is -2.08. The molecular formula is C21H21N5O4S. The van der Waals surface area contributed by atoms with Gasteiger partial charge in [-0.3, -0.25) is 9.59 Å². The summed E-state index contributed by atoms with van der Waals surface area (Å²) in [5.41, 5.74) is 7.91. The minimum Gasteiger partial charge on any atom is -0.451 e. The monoisotopic (exact) mass is 439 g/mol. The van der Waals surface area contributed by atoms with E-state index in [2.05, 4.69) is 20.6 Å². The molecule has 4 rings (SSSR count). The summed E-state index contributed by atoms with van der Waals surface area (Å²) in [6, 6.07) is 6.81. The summed E-state index contributed by atoms with van der Waals surface area (Å²) < 4.78 is 5.13. The Balaban J connectivity index is 1.38. The number of amides is 2. The Bertz CT molecular complexity index is 1200. The number of hydrogen-bond acceptors (Lipinski definition) is 8. The number of anilines is 2. The first kappa shape index (κ1) is 20.7. The highest BCUT2D eigenvalue weighted by atomic mass is 32.1. The second kappa shape index (κ2) is 8.31. The van der Waals surface area contributed by atoms with E-state index >= 15 is 0 Å². The van der Waals surface area contributed by atoms with Crippen LogP contribution in [0.1, 0.15) is 44.4 Å². The number of nitrogens with two attached hydrogens (primary N) is 1. The van der Waals surface area contributed by atoms with Crippen molar-refractivity contribution >= 4 is 50.7 Å². The Labute approximate surface area is 182 Å². The number of carbonyl (C=O) groups excluding carboxylic acids is 3. The second-order valence-corrected chi connectivity index (χ2v) is 8.33. The molecule has 0 bridgehead atoms. The van der Waals surface area contributed by atoms with Crippen molar-refractivity contribution in [1.82, 2.24) is 15.3 Å². The molecule has 0 unspecified atom stereocenters. The molecule has 0 atom stereocenters. The largest absolute Gasteiger partial charge is 0.451 e. The van der Waals surface area contributed by atoms with Gasteiger partial charge >= 0.3 is 5.97 Å². The third-order valence-corrected chi connectivity index (χ3v) is 5.80. The Kier molecular flexibility index (Phi) is 5.55. The number of benzene rings is 1. The predicted molar refractivity (Wildman–Crippen MR) is 117 cm³/mol. The van der Waals surface area contributed by atoms with E-state index in [0.29, 0.717) is 33.0 Å². The Hall–Kier alpha value is -3.53. The van der Waals surface area contributed by atoms with Gasteiger partial charge in [0.2, 0.25) is 0 Å². The quantitative estimate of drug-likeness (QED) is 0.502. The first-order valence-electron chi connectivity index (χ1n) is 9.73. The highest BCUT2D eigenvalue weighted by Gasteiger charge is 2.24. The van der Waals surface area contributed by atoms with Crippen molar-refractivity contribution in [2.75, 3.05) is 17.7 Å². The molecule has 2 amide bonds. The summed E-state index contributed by atoms with van der Waals surface area (Å²) >= 11 is 1.10. The van der Waals surface area contributed by atoms with E-state index in [0.717, 1.165) is 24.2 Å². The summed E-state index contributed by atoms with van der Waals surface area (Å²) in [4.78, 5) is 46.2. The molecule has 0 aliphatic heterocycles. The minimum absolute atomic E-state index is 0.182. The third kappa shape index (κ3) is 4.64. The fraction of sp³-hybridized carbons (Fsp3) is 0.286. The average Bonchev–Trinajstić information content (AvgIpc) is 3.47. The van der Waals surface area contributed by atoms with Crippen LogP contribution in [-0.4, -0.2) is 40.4 Å². The van der Waals surface area contributed by atoms with E-state index in [9.17, 15) is 14.4 Å².